The summed E-state index contributed by atoms with van der Waals surface area (Å²) >= 11 is 8.13. The van der Waals surface area contributed by atoms with E-state index in [4.69, 9.17) is 17.3 Å². The SMILES string of the molecule is Nc1ccc(I)cc1N1CC(Cl)CC1=O. The van der Waals surface area contributed by atoms with Crippen molar-refractivity contribution in [3.05, 3.63) is 21.8 Å². The van der Waals surface area contributed by atoms with Crippen molar-refractivity contribution in [1.29, 1.82) is 0 Å². The molecular formula is C10H10ClIN2O. The molecule has 0 bridgehead atoms. The summed E-state index contributed by atoms with van der Waals surface area (Å²) in [5, 5.41) is -0.102. The number of hydrogen-bond donors (Lipinski definition) is 1. The summed E-state index contributed by atoms with van der Waals surface area (Å²) in [5.74, 6) is 0.0451. The zero-order chi connectivity index (χ0) is 11.0. The van der Waals surface area contributed by atoms with Crippen LogP contribution in [0.15, 0.2) is 18.2 Å². The number of nitrogens with zero attached hydrogens (tertiary/aromatic N) is 1. The molecule has 1 aliphatic rings. The predicted octanol–water partition coefficient (Wildman–Crippen LogP) is 2.22. The summed E-state index contributed by atoms with van der Waals surface area (Å²) in [4.78, 5) is 13.3. The van der Waals surface area contributed by atoms with Gasteiger partial charge < -0.3 is 10.6 Å². The highest BCUT2D eigenvalue weighted by Gasteiger charge is 2.30. The van der Waals surface area contributed by atoms with Gasteiger partial charge in [-0.2, -0.15) is 0 Å². The Kier molecular flexibility index (Phi) is 3.06. The van der Waals surface area contributed by atoms with E-state index in [0.717, 1.165) is 9.26 Å². The van der Waals surface area contributed by atoms with Gasteiger partial charge in [0.25, 0.3) is 0 Å². The molecule has 80 valence electrons. The Morgan fingerprint density at radius 1 is 1.53 bits per heavy atom. The highest BCUT2D eigenvalue weighted by molar-refractivity contribution is 14.1. The van der Waals surface area contributed by atoms with Gasteiger partial charge in [0.05, 0.1) is 16.8 Å². The second-order valence-corrected chi connectivity index (χ2v) is 5.37. The van der Waals surface area contributed by atoms with Gasteiger partial charge in [0.1, 0.15) is 0 Å². The maximum atomic E-state index is 11.6. The smallest absolute Gasteiger partial charge is 0.228 e. The van der Waals surface area contributed by atoms with Gasteiger partial charge in [0.15, 0.2) is 0 Å². The number of benzene rings is 1. The second-order valence-electron chi connectivity index (χ2n) is 3.51. The van der Waals surface area contributed by atoms with Crippen LogP contribution < -0.4 is 10.6 Å². The molecule has 3 nitrogen and oxygen atoms in total. The molecule has 1 unspecified atom stereocenters. The lowest BCUT2D eigenvalue weighted by molar-refractivity contribution is -0.117. The van der Waals surface area contributed by atoms with Gasteiger partial charge in [0.2, 0.25) is 5.91 Å². The molecule has 0 aliphatic carbocycles. The minimum Gasteiger partial charge on any atom is -0.397 e. The van der Waals surface area contributed by atoms with Gasteiger partial charge in [-0.3, -0.25) is 4.79 Å². The Labute approximate surface area is 107 Å². The van der Waals surface area contributed by atoms with E-state index in [1.165, 1.54) is 0 Å². The van der Waals surface area contributed by atoms with Gasteiger partial charge in [0, 0.05) is 16.5 Å². The quantitative estimate of drug-likeness (QED) is 0.485. The number of carbonyl (C=O) groups excluding carboxylic acids is 1. The van der Waals surface area contributed by atoms with Crippen molar-refractivity contribution >= 4 is 51.5 Å². The Balaban J connectivity index is 2.37. The number of carbonyl (C=O) groups is 1. The lowest BCUT2D eigenvalue weighted by Gasteiger charge is -2.18. The maximum Gasteiger partial charge on any atom is 0.228 e. The van der Waals surface area contributed by atoms with Crippen LogP contribution in [-0.2, 0) is 4.79 Å². The molecule has 0 spiro atoms. The van der Waals surface area contributed by atoms with Crippen LogP contribution in [0.2, 0.25) is 0 Å². The zero-order valence-corrected chi connectivity index (χ0v) is 10.8. The summed E-state index contributed by atoms with van der Waals surface area (Å²) in [7, 11) is 0. The van der Waals surface area contributed by atoms with Crippen LogP contribution in [0.1, 0.15) is 6.42 Å². The third-order valence-corrected chi connectivity index (χ3v) is 3.32. The molecule has 1 atom stereocenters. The Bertz CT molecular complexity index is 410. The van der Waals surface area contributed by atoms with E-state index in [-0.39, 0.29) is 11.3 Å². The molecule has 2 N–H and O–H groups in total. The molecule has 1 aromatic carbocycles. The number of alkyl halides is 1. The van der Waals surface area contributed by atoms with Crippen LogP contribution in [0.25, 0.3) is 0 Å². The van der Waals surface area contributed by atoms with Gasteiger partial charge >= 0.3 is 0 Å². The van der Waals surface area contributed by atoms with Crippen LogP contribution in [0.5, 0.6) is 0 Å². The zero-order valence-electron chi connectivity index (χ0n) is 7.91. The van der Waals surface area contributed by atoms with Crippen molar-refractivity contribution in [1.82, 2.24) is 0 Å². The largest absolute Gasteiger partial charge is 0.397 e. The summed E-state index contributed by atoms with van der Waals surface area (Å²) in [5.41, 5.74) is 7.23. The molecule has 1 fully saturated rings. The summed E-state index contributed by atoms with van der Waals surface area (Å²) in [6, 6.07) is 5.63. The predicted molar refractivity (Wildman–Crippen MR) is 70.2 cm³/mol. The first-order valence-electron chi connectivity index (χ1n) is 4.57. The Morgan fingerprint density at radius 2 is 2.27 bits per heavy atom. The summed E-state index contributed by atoms with van der Waals surface area (Å²) < 4.78 is 1.06. The number of anilines is 2. The standard InChI is InChI=1S/C10H10ClIN2O/c11-6-3-10(15)14(5-6)9-4-7(12)1-2-8(9)13/h1-2,4,6H,3,5,13H2. The van der Waals surface area contributed by atoms with E-state index in [2.05, 4.69) is 22.6 Å². The van der Waals surface area contributed by atoms with Crippen LogP contribution in [0, 0.1) is 3.57 Å². The highest BCUT2D eigenvalue weighted by atomic mass is 127. The van der Waals surface area contributed by atoms with E-state index in [9.17, 15) is 4.79 Å². The average molecular weight is 337 g/mol. The van der Waals surface area contributed by atoms with Crippen LogP contribution in [0.3, 0.4) is 0 Å². The molecule has 1 heterocycles. The van der Waals surface area contributed by atoms with Gasteiger partial charge in [-0.05, 0) is 40.8 Å². The van der Waals surface area contributed by atoms with Crippen molar-refractivity contribution in [2.45, 2.75) is 11.8 Å². The minimum absolute atomic E-state index is 0.0451. The normalized spacial score (nSPS) is 21.1. The number of halogens is 2. The molecule has 5 heteroatoms. The first kappa shape index (κ1) is 11.0. The van der Waals surface area contributed by atoms with Gasteiger partial charge in [-0.15, -0.1) is 11.6 Å². The average Bonchev–Trinajstić information content (AvgIpc) is 2.50. The summed E-state index contributed by atoms with van der Waals surface area (Å²) in [6.45, 7) is 0.546. The number of rotatable bonds is 1. The van der Waals surface area contributed by atoms with Crippen LogP contribution >= 0.6 is 34.2 Å². The van der Waals surface area contributed by atoms with Crippen molar-refractivity contribution in [3.63, 3.8) is 0 Å². The fourth-order valence-corrected chi connectivity index (χ4v) is 2.39. The fraction of sp³-hybridized carbons (Fsp3) is 0.300. The molecule has 1 amide bonds. The molecule has 0 radical (unpaired) electrons. The summed E-state index contributed by atoms with van der Waals surface area (Å²) in [6.07, 6.45) is 0.395. The fourth-order valence-electron chi connectivity index (χ4n) is 1.65. The highest BCUT2D eigenvalue weighted by Crippen LogP contribution is 2.30. The molecule has 0 saturated carbocycles. The molecule has 1 aliphatic heterocycles. The van der Waals surface area contributed by atoms with Crippen molar-refractivity contribution in [2.75, 3.05) is 17.2 Å². The third kappa shape index (κ3) is 2.20. The molecule has 1 saturated heterocycles. The minimum atomic E-state index is -0.102. The van der Waals surface area contributed by atoms with Gasteiger partial charge in [-0.1, -0.05) is 0 Å². The topological polar surface area (TPSA) is 46.3 Å². The second kappa shape index (κ2) is 4.17. The first-order valence-corrected chi connectivity index (χ1v) is 6.09. The number of nitrogen functional groups attached to an aromatic ring is 1. The van der Waals surface area contributed by atoms with Crippen molar-refractivity contribution in [3.8, 4) is 0 Å². The van der Waals surface area contributed by atoms with E-state index >= 15 is 0 Å². The van der Waals surface area contributed by atoms with E-state index < -0.39 is 0 Å². The Hall–Kier alpha value is -0.490. The molecule has 0 aromatic heterocycles. The number of amides is 1. The van der Waals surface area contributed by atoms with E-state index in [1.54, 1.807) is 4.90 Å². The molecule has 2 rings (SSSR count). The monoisotopic (exact) mass is 336 g/mol. The van der Waals surface area contributed by atoms with Gasteiger partial charge in [-0.25, -0.2) is 0 Å². The van der Waals surface area contributed by atoms with Crippen LogP contribution in [-0.4, -0.2) is 17.8 Å². The lowest BCUT2D eigenvalue weighted by Crippen LogP contribution is -2.25. The molecular weight excluding hydrogens is 326 g/mol. The third-order valence-electron chi connectivity index (χ3n) is 2.36. The van der Waals surface area contributed by atoms with E-state index in [0.29, 0.717) is 18.7 Å². The van der Waals surface area contributed by atoms with Crippen LogP contribution in [0.4, 0.5) is 11.4 Å². The number of hydrogen-bond acceptors (Lipinski definition) is 2. The van der Waals surface area contributed by atoms with E-state index in [1.807, 2.05) is 18.2 Å². The molecule has 15 heavy (non-hydrogen) atoms. The lowest BCUT2D eigenvalue weighted by atomic mass is 10.2. The number of nitrogens with two attached hydrogens (primary N) is 1. The first-order chi connectivity index (χ1) is 7.08. The Morgan fingerprint density at radius 3 is 2.87 bits per heavy atom. The molecule has 1 aromatic rings. The van der Waals surface area contributed by atoms with Crippen molar-refractivity contribution in [2.24, 2.45) is 0 Å². The van der Waals surface area contributed by atoms with Crippen molar-refractivity contribution < 1.29 is 4.79 Å². The maximum absolute atomic E-state index is 11.6.